The minimum absolute atomic E-state index is 0.177. The van der Waals surface area contributed by atoms with Crippen LogP contribution in [0.1, 0.15) is 30.5 Å². The van der Waals surface area contributed by atoms with Crippen LogP contribution in [0.15, 0.2) is 36.4 Å². The van der Waals surface area contributed by atoms with E-state index < -0.39 is 0 Å². The van der Waals surface area contributed by atoms with Crippen LogP contribution in [0.3, 0.4) is 0 Å². The Morgan fingerprint density at radius 3 is 1.91 bits per heavy atom. The van der Waals surface area contributed by atoms with Crippen molar-refractivity contribution in [1.29, 1.82) is 0 Å². The first-order valence-electron chi connectivity index (χ1n) is 8.05. The van der Waals surface area contributed by atoms with Crippen molar-refractivity contribution in [3.63, 3.8) is 0 Å². The molecule has 3 heteroatoms. The fourth-order valence-corrected chi connectivity index (χ4v) is 2.84. The number of aromatic hydroxyl groups is 2. The predicted octanol–water partition coefficient (Wildman–Crippen LogP) is 4.47. The third-order valence-electron chi connectivity index (χ3n) is 4.59. The van der Waals surface area contributed by atoms with Crippen LogP contribution in [0.25, 0.3) is 0 Å². The van der Waals surface area contributed by atoms with Gasteiger partial charge in [0.15, 0.2) is 11.5 Å². The molecule has 2 N–H and O–H groups in total. The Balaban J connectivity index is 2.01. The highest BCUT2D eigenvalue weighted by atomic mass is 16.5. The molecule has 0 spiro atoms. The number of benzene rings is 2. The zero-order chi connectivity index (χ0) is 17.0. The number of aryl methyl sites for hydroxylation is 1. The second-order valence-corrected chi connectivity index (χ2v) is 6.49. The average molecular weight is 314 g/mol. The first-order valence-corrected chi connectivity index (χ1v) is 8.05. The van der Waals surface area contributed by atoms with Crippen molar-refractivity contribution in [2.45, 2.75) is 33.6 Å². The predicted molar refractivity (Wildman–Crippen MR) is 93.2 cm³/mol. The zero-order valence-corrected chi connectivity index (χ0v) is 14.3. The number of hydrogen-bond donors (Lipinski definition) is 2. The maximum absolute atomic E-state index is 9.68. The van der Waals surface area contributed by atoms with E-state index in [-0.39, 0.29) is 5.75 Å². The van der Waals surface area contributed by atoms with Gasteiger partial charge in [-0.05, 0) is 66.5 Å². The summed E-state index contributed by atoms with van der Waals surface area (Å²) in [5.74, 6) is 2.07. The number of methoxy groups -OCH3 is 1. The summed E-state index contributed by atoms with van der Waals surface area (Å²) < 4.78 is 5.17. The molecule has 0 fully saturated rings. The lowest BCUT2D eigenvalue weighted by Crippen LogP contribution is -2.13. The monoisotopic (exact) mass is 314 g/mol. The topological polar surface area (TPSA) is 49.7 Å². The molecule has 23 heavy (non-hydrogen) atoms. The highest BCUT2D eigenvalue weighted by Gasteiger charge is 2.15. The van der Waals surface area contributed by atoms with Crippen molar-refractivity contribution < 1.29 is 14.9 Å². The fraction of sp³-hybridized carbons (Fsp3) is 0.400. The second-order valence-electron chi connectivity index (χ2n) is 6.49. The molecule has 0 amide bonds. The van der Waals surface area contributed by atoms with E-state index in [4.69, 9.17) is 4.74 Å². The van der Waals surface area contributed by atoms with Crippen molar-refractivity contribution >= 4 is 0 Å². The van der Waals surface area contributed by atoms with E-state index in [1.165, 1.54) is 11.1 Å². The summed E-state index contributed by atoms with van der Waals surface area (Å²) >= 11 is 0. The van der Waals surface area contributed by atoms with Crippen LogP contribution in [-0.2, 0) is 12.8 Å². The molecule has 3 nitrogen and oxygen atoms in total. The summed E-state index contributed by atoms with van der Waals surface area (Å²) in [7, 11) is 1.57. The molecule has 0 aliphatic carbocycles. The summed E-state index contributed by atoms with van der Waals surface area (Å²) in [6, 6.07) is 11.4. The van der Waals surface area contributed by atoms with Gasteiger partial charge < -0.3 is 14.9 Å². The molecular formula is C20H26O3. The molecule has 0 bridgehead atoms. The Hall–Kier alpha value is -2.16. The first-order chi connectivity index (χ1) is 10.9. The fourth-order valence-electron chi connectivity index (χ4n) is 2.84. The normalized spacial score (nSPS) is 13.6. The molecule has 2 aromatic rings. The van der Waals surface area contributed by atoms with Crippen molar-refractivity contribution in [2.75, 3.05) is 7.11 Å². The lowest BCUT2D eigenvalue weighted by molar-refractivity contribution is 0.367. The lowest BCUT2D eigenvalue weighted by Gasteiger charge is -2.21. The second kappa shape index (κ2) is 7.40. The molecule has 0 radical (unpaired) electrons. The van der Waals surface area contributed by atoms with Gasteiger partial charge in [0, 0.05) is 0 Å². The molecule has 2 rings (SSSR count). The van der Waals surface area contributed by atoms with Gasteiger partial charge in [-0.3, -0.25) is 0 Å². The van der Waals surface area contributed by atoms with E-state index in [9.17, 15) is 10.2 Å². The molecule has 0 saturated heterocycles. The van der Waals surface area contributed by atoms with Gasteiger partial charge in [0.05, 0.1) is 7.11 Å². The smallest absolute Gasteiger partial charge is 0.160 e. The van der Waals surface area contributed by atoms with Gasteiger partial charge in [-0.1, -0.05) is 32.0 Å². The Morgan fingerprint density at radius 1 is 0.870 bits per heavy atom. The Morgan fingerprint density at radius 2 is 1.39 bits per heavy atom. The summed E-state index contributed by atoms with van der Waals surface area (Å²) in [6.07, 6.45) is 1.92. The van der Waals surface area contributed by atoms with Gasteiger partial charge in [-0.25, -0.2) is 0 Å². The third-order valence-corrected chi connectivity index (χ3v) is 4.59. The number of ether oxygens (including phenoxy) is 1. The lowest BCUT2D eigenvalue weighted by atomic mass is 9.85. The van der Waals surface area contributed by atoms with Crippen LogP contribution in [0, 0.1) is 18.8 Å². The first kappa shape index (κ1) is 17.2. The zero-order valence-electron chi connectivity index (χ0n) is 14.3. The van der Waals surface area contributed by atoms with Crippen LogP contribution < -0.4 is 4.74 Å². The largest absolute Gasteiger partial charge is 0.508 e. The van der Waals surface area contributed by atoms with Gasteiger partial charge in [0.25, 0.3) is 0 Å². The summed E-state index contributed by atoms with van der Waals surface area (Å²) in [5, 5.41) is 19.3. The third kappa shape index (κ3) is 4.41. The maximum Gasteiger partial charge on any atom is 0.160 e. The number of phenolic OH excluding ortho intramolecular Hbond substituents is 2. The Bertz CT molecular complexity index is 664. The van der Waals surface area contributed by atoms with Crippen molar-refractivity contribution in [1.82, 2.24) is 0 Å². The molecule has 0 aliphatic rings. The summed E-state index contributed by atoms with van der Waals surface area (Å²) in [4.78, 5) is 0. The van der Waals surface area contributed by atoms with Crippen molar-refractivity contribution in [3.05, 3.63) is 53.1 Å². The number of hydrogen-bond acceptors (Lipinski definition) is 3. The van der Waals surface area contributed by atoms with Gasteiger partial charge in [0.1, 0.15) is 5.75 Å². The summed E-state index contributed by atoms with van der Waals surface area (Å²) in [5.41, 5.74) is 3.34. The van der Waals surface area contributed by atoms with Gasteiger partial charge in [-0.2, -0.15) is 0 Å². The molecule has 0 heterocycles. The standard InChI is InChI=1S/C20H26O3/c1-13(9-16-5-7-18(21)15(3)11-16)14(2)10-17-6-8-19(22)20(12-17)23-4/h5-8,11-14,21-22H,9-10H2,1-4H3. The molecule has 0 aliphatic heterocycles. The van der Waals surface area contributed by atoms with E-state index in [0.717, 1.165) is 18.4 Å². The average Bonchev–Trinajstić information content (AvgIpc) is 2.52. The van der Waals surface area contributed by atoms with Gasteiger partial charge >= 0.3 is 0 Å². The molecule has 2 aromatic carbocycles. The van der Waals surface area contributed by atoms with E-state index in [1.807, 2.05) is 25.1 Å². The van der Waals surface area contributed by atoms with Crippen LogP contribution in [-0.4, -0.2) is 17.3 Å². The van der Waals surface area contributed by atoms with E-state index in [1.54, 1.807) is 19.2 Å². The van der Waals surface area contributed by atoms with Crippen molar-refractivity contribution in [2.24, 2.45) is 11.8 Å². The molecule has 124 valence electrons. The number of rotatable bonds is 6. The van der Waals surface area contributed by atoms with Gasteiger partial charge in [-0.15, -0.1) is 0 Å². The van der Waals surface area contributed by atoms with E-state index >= 15 is 0 Å². The van der Waals surface area contributed by atoms with E-state index in [0.29, 0.717) is 23.3 Å². The van der Waals surface area contributed by atoms with Crippen LogP contribution in [0.2, 0.25) is 0 Å². The Labute approximate surface area is 138 Å². The van der Waals surface area contributed by atoms with E-state index in [2.05, 4.69) is 19.9 Å². The number of phenols is 2. The SMILES string of the molecule is COc1cc(CC(C)C(C)Cc2ccc(O)c(C)c2)ccc1O. The molecule has 2 atom stereocenters. The Kier molecular flexibility index (Phi) is 5.54. The highest BCUT2D eigenvalue weighted by Crippen LogP contribution is 2.29. The molecular weight excluding hydrogens is 288 g/mol. The molecule has 0 saturated carbocycles. The quantitative estimate of drug-likeness (QED) is 0.827. The van der Waals surface area contributed by atoms with Crippen LogP contribution in [0.5, 0.6) is 17.2 Å². The minimum atomic E-state index is 0.177. The van der Waals surface area contributed by atoms with Crippen LogP contribution >= 0.6 is 0 Å². The molecule has 2 unspecified atom stereocenters. The maximum atomic E-state index is 9.68. The van der Waals surface area contributed by atoms with Crippen LogP contribution in [0.4, 0.5) is 0 Å². The van der Waals surface area contributed by atoms with Crippen molar-refractivity contribution in [3.8, 4) is 17.2 Å². The minimum Gasteiger partial charge on any atom is -0.508 e. The highest BCUT2D eigenvalue weighted by molar-refractivity contribution is 5.42. The summed E-state index contributed by atoms with van der Waals surface area (Å²) in [6.45, 7) is 6.43. The van der Waals surface area contributed by atoms with Gasteiger partial charge in [0.2, 0.25) is 0 Å². The molecule has 0 aromatic heterocycles.